The van der Waals surface area contributed by atoms with Crippen molar-refractivity contribution in [1.82, 2.24) is 10.6 Å². The molecule has 0 aromatic heterocycles. The molecule has 0 spiro atoms. The molecule has 15 heteroatoms. The van der Waals surface area contributed by atoms with Crippen molar-refractivity contribution in [2.45, 2.75) is 41.3 Å². The first-order valence-corrected chi connectivity index (χ1v) is 13.7. The quantitative estimate of drug-likeness (QED) is 0.340. The first-order valence-electron chi connectivity index (χ1n) is 9.80. The lowest BCUT2D eigenvalue weighted by molar-refractivity contribution is 0.302. The number of hydrogen-bond donors (Lipinski definition) is 2. The third-order valence-electron chi connectivity index (χ3n) is 5.35. The van der Waals surface area contributed by atoms with E-state index in [2.05, 4.69) is 15.4 Å². The van der Waals surface area contributed by atoms with Gasteiger partial charge in [-0.2, -0.15) is 0 Å². The molecule has 1 heterocycles. The molecule has 2 N–H and O–H groups in total. The fourth-order valence-electron chi connectivity index (χ4n) is 3.87. The van der Waals surface area contributed by atoms with Crippen molar-refractivity contribution in [3.63, 3.8) is 0 Å². The summed E-state index contributed by atoms with van der Waals surface area (Å²) in [6.07, 6.45) is 1.16. The van der Waals surface area contributed by atoms with Crippen LogP contribution in [-0.4, -0.2) is 19.7 Å². The number of halogens is 10. The van der Waals surface area contributed by atoms with Crippen molar-refractivity contribution in [1.29, 1.82) is 0 Å². The van der Waals surface area contributed by atoms with E-state index >= 15 is 0 Å². The lowest BCUT2D eigenvalue weighted by Gasteiger charge is -2.48. The highest BCUT2D eigenvalue weighted by atomic mass is 32.5. The largest absolute Gasteiger partial charge is 0.496 e. The molecule has 0 unspecified atom stereocenters. The van der Waals surface area contributed by atoms with Crippen LogP contribution in [0.5, 0.6) is 5.75 Å². The highest BCUT2D eigenvalue weighted by molar-refractivity contribution is 8.48. The standard InChI is InChI=1S/C19H22F10N2OS2/c1-32-16-11-18(34(25,26,27,28)29)17(33(20,21,22,23)24)10-14(16)12-31-15-8-5-9-30-19(15)13-6-3-2-4-7-13/h2-4,6-7,10-11,15,19,30-31H,5,8-9,12H2,1H3/t15-,19-/m0/s1. The van der Waals surface area contributed by atoms with Crippen LogP contribution in [0, 0.1) is 0 Å². The maximum absolute atomic E-state index is 13.5. The maximum atomic E-state index is 13.5. The van der Waals surface area contributed by atoms with Gasteiger partial charge in [0.1, 0.15) is 15.5 Å². The van der Waals surface area contributed by atoms with Crippen LogP contribution in [0.1, 0.15) is 30.0 Å². The second kappa shape index (κ2) is 7.11. The Morgan fingerprint density at radius 3 is 1.97 bits per heavy atom. The van der Waals surface area contributed by atoms with Crippen molar-refractivity contribution in [3.05, 3.63) is 53.6 Å². The van der Waals surface area contributed by atoms with Crippen molar-refractivity contribution >= 4 is 20.4 Å². The second-order valence-corrected chi connectivity index (χ2v) is 12.8. The number of benzene rings is 2. The summed E-state index contributed by atoms with van der Waals surface area (Å²) in [7, 11) is -21.6. The van der Waals surface area contributed by atoms with Crippen LogP contribution in [0.4, 0.5) is 38.9 Å². The van der Waals surface area contributed by atoms with Crippen LogP contribution in [0.2, 0.25) is 0 Å². The summed E-state index contributed by atoms with van der Waals surface area (Å²) < 4.78 is 139. The Labute approximate surface area is 189 Å². The summed E-state index contributed by atoms with van der Waals surface area (Å²) in [5, 5.41) is 6.05. The first-order chi connectivity index (χ1) is 15.1. The van der Waals surface area contributed by atoms with E-state index in [4.69, 9.17) is 0 Å². The summed E-state index contributed by atoms with van der Waals surface area (Å²) in [6, 6.07) is 6.79. The van der Waals surface area contributed by atoms with E-state index in [0.717, 1.165) is 12.7 Å². The zero-order chi connectivity index (χ0) is 25.8. The lowest BCUT2D eigenvalue weighted by atomic mass is 9.92. The number of methoxy groups -OCH3 is 1. The average molecular weight is 549 g/mol. The van der Waals surface area contributed by atoms with Crippen molar-refractivity contribution in [2.75, 3.05) is 13.7 Å². The van der Waals surface area contributed by atoms with Crippen LogP contribution in [0.3, 0.4) is 0 Å². The van der Waals surface area contributed by atoms with E-state index in [0.29, 0.717) is 19.4 Å². The fourth-order valence-corrected chi connectivity index (χ4v) is 6.39. The lowest BCUT2D eigenvalue weighted by Crippen LogP contribution is -2.45. The zero-order valence-electron chi connectivity index (χ0n) is 17.5. The Hall–Kier alpha value is -1.84. The third kappa shape index (κ3) is 6.23. The molecule has 196 valence electrons. The van der Waals surface area contributed by atoms with E-state index in [9.17, 15) is 38.9 Å². The molecule has 0 aliphatic carbocycles. The molecule has 2 atom stereocenters. The van der Waals surface area contributed by atoms with Gasteiger partial charge in [0.05, 0.1) is 7.11 Å². The third-order valence-corrected chi connectivity index (χ3v) is 7.82. The van der Waals surface area contributed by atoms with Crippen LogP contribution < -0.4 is 15.4 Å². The van der Waals surface area contributed by atoms with E-state index in [1.807, 2.05) is 0 Å². The maximum Gasteiger partial charge on any atom is 0.311 e. The second-order valence-electron chi connectivity index (χ2n) is 8.02. The predicted octanol–water partition coefficient (Wildman–Crippen LogP) is 8.59. The topological polar surface area (TPSA) is 33.3 Å². The Balaban J connectivity index is 2.06. The molecule has 1 fully saturated rings. The number of rotatable bonds is 7. The normalized spacial score (nSPS) is 23.9. The van der Waals surface area contributed by atoms with Gasteiger partial charge in [0.2, 0.25) is 0 Å². The van der Waals surface area contributed by atoms with Crippen molar-refractivity contribution < 1.29 is 43.6 Å². The summed E-state index contributed by atoms with van der Waals surface area (Å²) in [5.41, 5.74) is 0.0457. The van der Waals surface area contributed by atoms with Gasteiger partial charge >= 0.3 is 20.4 Å². The molecule has 2 aromatic rings. The molecular formula is C19H22F10N2OS2. The van der Waals surface area contributed by atoms with Gasteiger partial charge in [-0.15, -0.1) is 0 Å². The number of piperidine rings is 1. The van der Waals surface area contributed by atoms with Gasteiger partial charge in [-0.1, -0.05) is 69.2 Å². The highest BCUT2D eigenvalue weighted by Gasteiger charge is 2.75. The molecular weight excluding hydrogens is 526 g/mol. The number of ether oxygens (including phenoxy) is 1. The molecule has 3 rings (SSSR count). The van der Waals surface area contributed by atoms with Gasteiger partial charge in [-0.25, -0.2) is 0 Å². The minimum atomic E-state index is -11.2. The fraction of sp³-hybridized carbons (Fsp3) is 0.368. The van der Waals surface area contributed by atoms with Gasteiger partial charge < -0.3 is 15.4 Å². The van der Waals surface area contributed by atoms with Crippen molar-refractivity contribution in [3.8, 4) is 5.75 Å². The Morgan fingerprint density at radius 2 is 1.44 bits per heavy atom. The predicted molar refractivity (Wildman–Crippen MR) is 113 cm³/mol. The molecule has 1 aliphatic heterocycles. The zero-order valence-corrected chi connectivity index (χ0v) is 19.2. The molecule has 1 aliphatic rings. The van der Waals surface area contributed by atoms with E-state index < -0.39 is 66.3 Å². The van der Waals surface area contributed by atoms with Gasteiger partial charge in [0, 0.05) is 30.3 Å². The molecule has 0 amide bonds. The highest BCUT2D eigenvalue weighted by Crippen LogP contribution is 3.09. The SMILES string of the molecule is COc1cc(S(F)(F)(F)(F)F)c(S(F)(F)(F)(F)F)cc1CN[C@H]1CCCN[C@H]1c1ccccc1. The summed E-state index contributed by atoms with van der Waals surface area (Å²) >= 11 is 0. The molecule has 0 bridgehead atoms. The van der Waals surface area contributed by atoms with Gasteiger partial charge in [0.15, 0.2) is 0 Å². The van der Waals surface area contributed by atoms with Crippen LogP contribution in [-0.2, 0) is 6.54 Å². The minimum Gasteiger partial charge on any atom is -0.496 e. The molecule has 1 saturated heterocycles. The van der Waals surface area contributed by atoms with Crippen LogP contribution >= 0.6 is 20.4 Å². The molecule has 2 aromatic carbocycles. The average Bonchev–Trinajstić information content (AvgIpc) is 2.69. The van der Waals surface area contributed by atoms with E-state index in [1.54, 1.807) is 30.3 Å². The van der Waals surface area contributed by atoms with E-state index in [-0.39, 0.29) is 6.04 Å². The van der Waals surface area contributed by atoms with Crippen molar-refractivity contribution in [2.24, 2.45) is 0 Å². The Kier molecular flexibility index (Phi) is 5.59. The van der Waals surface area contributed by atoms with E-state index in [1.165, 1.54) is 0 Å². The summed E-state index contributed by atoms with van der Waals surface area (Å²) in [6.45, 7) is -0.0195. The van der Waals surface area contributed by atoms with Gasteiger partial charge in [-0.3, -0.25) is 0 Å². The van der Waals surface area contributed by atoms with Gasteiger partial charge in [0.25, 0.3) is 0 Å². The monoisotopic (exact) mass is 548 g/mol. The minimum absolute atomic E-state index is 0.333. The number of hydrogen-bond acceptors (Lipinski definition) is 3. The number of nitrogens with one attached hydrogen (secondary N) is 2. The summed E-state index contributed by atoms with van der Waals surface area (Å²) in [4.78, 5) is -7.40. The Morgan fingerprint density at radius 1 is 0.882 bits per heavy atom. The Bertz CT molecular complexity index is 1080. The summed E-state index contributed by atoms with van der Waals surface area (Å²) in [5.74, 6) is -1.03. The smallest absolute Gasteiger partial charge is 0.311 e. The van der Waals surface area contributed by atoms with Crippen LogP contribution in [0.25, 0.3) is 0 Å². The molecule has 0 saturated carbocycles. The molecule has 34 heavy (non-hydrogen) atoms. The molecule has 0 radical (unpaired) electrons. The van der Waals surface area contributed by atoms with Gasteiger partial charge in [-0.05, 0) is 31.0 Å². The molecule has 3 nitrogen and oxygen atoms in total. The van der Waals surface area contributed by atoms with Crippen LogP contribution in [0.15, 0.2) is 52.3 Å². The first kappa shape index (κ1) is 26.8.